The van der Waals surface area contributed by atoms with Gasteiger partial charge in [0.1, 0.15) is 0 Å². The van der Waals surface area contributed by atoms with Crippen LogP contribution in [0.15, 0.2) is 0 Å². The summed E-state index contributed by atoms with van der Waals surface area (Å²) in [7, 11) is -3.70. The fourth-order valence-electron chi connectivity index (χ4n) is 0.845. The molecule has 0 spiro atoms. The molecule has 90 valence electrons. The van der Waals surface area contributed by atoms with Crippen molar-refractivity contribution in [1.82, 2.24) is 5.48 Å². The first-order valence-corrected chi connectivity index (χ1v) is 6.63. The molecule has 0 saturated heterocycles. The smallest absolute Gasteiger partial charge is 0.330 e. The van der Waals surface area contributed by atoms with E-state index in [1.54, 1.807) is 0 Å². The van der Waals surface area contributed by atoms with E-state index in [0.717, 1.165) is 19.5 Å². The van der Waals surface area contributed by atoms with Gasteiger partial charge in [-0.25, -0.2) is 5.48 Å². The Morgan fingerprint density at radius 1 is 1.60 bits per heavy atom. The Hall–Kier alpha value is -0.460. The summed E-state index contributed by atoms with van der Waals surface area (Å²) in [6.07, 6.45) is 1.98. The van der Waals surface area contributed by atoms with Crippen LogP contribution in [0.25, 0.3) is 0 Å². The normalized spacial score (nSPS) is 16.8. The van der Waals surface area contributed by atoms with E-state index in [9.17, 15) is 9.36 Å². The predicted molar refractivity (Wildman–Crippen MR) is 55.9 cm³/mol. The summed E-state index contributed by atoms with van der Waals surface area (Å²) < 4.78 is 14.9. The zero-order chi connectivity index (χ0) is 11.9. The summed E-state index contributed by atoms with van der Waals surface area (Å²) >= 11 is 0. The van der Waals surface area contributed by atoms with E-state index >= 15 is 0 Å². The lowest BCUT2D eigenvalue weighted by atomic mass is 10.1. The highest BCUT2D eigenvalue weighted by Crippen LogP contribution is 2.34. The average Bonchev–Trinajstić information content (AvgIpc) is 2.13. The van der Waals surface area contributed by atoms with E-state index in [4.69, 9.17) is 16.4 Å². The molecule has 0 aromatic carbocycles. The van der Waals surface area contributed by atoms with Crippen molar-refractivity contribution in [2.45, 2.75) is 25.3 Å². The van der Waals surface area contributed by atoms with Crippen molar-refractivity contribution < 1.29 is 18.9 Å². The quantitative estimate of drug-likeness (QED) is 0.264. The fraction of sp³-hybridized carbons (Fsp3) is 0.857. The molecule has 0 fully saturated rings. The Morgan fingerprint density at radius 3 is 2.67 bits per heavy atom. The van der Waals surface area contributed by atoms with E-state index in [2.05, 4.69) is 4.62 Å². The molecule has 0 bridgehead atoms. The van der Waals surface area contributed by atoms with Gasteiger partial charge in [-0.15, -0.1) is 0 Å². The van der Waals surface area contributed by atoms with Gasteiger partial charge in [-0.2, -0.15) is 4.62 Å². The van der Waals surface area contributed by atoms with Crippen molar-refractivity contribution in [2.24, 2.45) is 11.5 Å². The van der Waals surface area contributed by atoms with E-state index in [0.29, 0.717) is 13.0 Å². The van der Waals surface area contributed by atoms with Crippen molar-refractivity contribution in [3.05, 3.63) is 0 Å². The second kappa shape index (κ2) is 6.92. The summed E-state index contributed by atoms with van der Waals surface area (Å²) in [5.74, 6) is -0.608. The maximum Gasteiger partial charge on any atom is 0.346 e. The third-order valence-electron chi connectivity index (χ3n) is 1.62. The van der Waals surface area contributed by atoms with Gasteiger partial charge in [-0.3, -0.25) is 9.36 Å². The lowest BCUT2D eigenvalue weighted by Crippen LogP contribution is -2.40. The number of nitrogens with two attached hydrogens (primary N) is 2. The van der Waals surface area contributed by atoms with Gasteiger partial charge >= 0.3 is 7.60 Å². The number of unbranched alkanes of at least 4 members (excludes halogenated alkanes) is 1. The van der Waals surface area contributed by atoms with Gasteiger partial charge in [0.25, 0.3) is 5.91 Å². The fourth-order valence-corrected chi connectivity index (χ4v) is 1.10. The molecule has 8 heteroatoms. The molecular formula is C7H18N3O4P. The van der Waals surface area contributed by atoms with Crippen molar-refractivity contribution in [3.63, 3.8) is 0 Å². The van der Waals surface area contributed by atoms with Crippen LogP contribution in [0.4, 0.5) is 0 Å². The first kappa shape index (κ1) is 14.5. The molecule has 2 atom stereocenters. The van der Waals surface area contributed by atoms with Gasteiger partial charge in [0.2, 0.25) is 0 Å². The lowest BCUT2D eigenvalue weighted by Gasteiger charge is -2.12. The first-order valence-electron chi connectivity index (χ1n) is 4.61. The number of rotatable bonds is 7. The number of hydroxylamine groups is 1. The van der Waals surface area contributed by atoms with Gasteiger partial charge in [0.15, 0.2) is 0 Å². The largest absolute Gasteiger partial charge is 0.346 e. The lowest BCUT2D eigenvalue weighted by molar-refractivity contribution is -0.129. The Morgan fingerprint density at radius 2 is 2.20 bits per heavy atom. The number of amides is 1. The maximum atomic E-state index is 11.2. The standard InChI is InChI=1S/C7H18N3O4P/c1-15(12,13)14-10-7(11)6(9)4-2-3-5-8/h6H,2-5,8-9H2,1H3,(H,10,11)(H,12,13)/t6-/m0/s1. The van der Waals surface area contributed by atoms with Crippen molar-refractivity contribution in [1.29, 1.82) is 0 Å². The van der Waals surface area contributed by atoms with Gasteiger partial charge in [-0.1, -0.05) is 6.42 Å². The Bertz CT molecular complexity index is 242. The topological polar surface area (TPSA) is 128 Å². The van der Waals surface area contributed by atoms with Crippen LogP contribution in [-0.4, -0.2) is 30.1 Å². The molecule has 0 rings (SSSR count). The highest BCUT2D eigenvalue weighted by atomic mass is 31.2. The molecule has 7 nitrogen and oxygen atoms in total. The molecule has 6 N–H and O–H groups in total. The van der Waals surface area contributed by atoms with Crippen LogP contribution in [0.1, 0.15) is 19.3 Å². The highest BCUT2D eigenvalue weighted by molar-refractivity contribution is 7.51. The molecule has 15 heavy (non-hydrogen) atoms. The van der Waals surface area contributed by atoms with Gasteiger partial charge < -0.3 is 16.4 Å². The maximum absolute atomic E-state index is 11.2. The second-order valence-corrected chi connectivity index (χ2v) is 5.04. The van der Waals surface area contributed by atoms with Gasteiger partial charge in [-0.05, 0) is 19.4 Å². The summed E-state index contributed by atoms with van der Waals surface area (Å²) in [6.45, 7) is 1.51. The van der Waals surface area contributed by atoms with Crippen LogP contribution in [-0.2, 0) is 14.0 Å². The van der Waals surface area contributed by atoms with Gasteiger partial charge in [0.05, 0.1) is 6.04 Å². The van der Waals surface area contributed by atoms with Crippen molar-refractivity contribution >= 4 is 13.5 Å². The number of hydrogen-bond acceptors (Lipinski definition) is 5. The number of carbonyl (C=O) groups excluding carboxylic acids is 1. The zero-order valence-corrected chi connectivity index (χ0v) is 9.57. The minimum absolute atomic E-state index is 0.464. The molecule has 0 aromatic heterocycles. The third-order valence-corrected chi connectivity index (χ3v) is 2.05. The number of nitrogens with one attached hydrogen (secondary N) is 1. The number of hydrogen-bond donors (Lipinski definition) is 4. The molecule has 1 unspecified atom stereocenters. The van der Waals surface area contributed by atoms with Gasteiger partial charge in [0, 0.05) is 6.66 Å². The van der Waals surface area contributed by atoms with Crippen LogP contribution in [0.2, 0.25) is 0 Å². The van der Waals surface area contributed by atoms with Crippen LogP contribution in [0.3, 0.4) is 0 Å². The molecule has 1 amide bonds. The molecule has 0 aliphatic heterocycles. The van der Waals surface area contributed by atoms with E-state index in [1.165, 1.54) is 0 Å². The van der Waals surface area contributed by atoms with Crippen molar-refractivity contribution in [2.75, 3.05) is 13.2 Å². The average molecular weight is 239 g/mol. The SMILES string of the molecule is CP(=O)(O)ONC(=O)[C@@H](N)CCCCN. The number of carbonyl (C=O) groups is 1. The minimum Gasteiger partial charge on any atom is -0.330 e. The molecule has 0 saturated carbocycles. The summed E-state index contributed by atoms with van der Waals surface area (Å²) in [5, 5.41) is 0. The zero-order valence-electron chi connectivity index (χ0n) is 8.68. The van der Waals surface area contributed by atoms with E-state index in [-0.39, 0.29) is 0 Å². The highest BCUT2D eigenvalue weighted by Gasteiger charge is 2.17. The Balaban J connectivity index is 3.74. The molecule has 0 heterocycles. The van der Waals surface area contributed by atoms with Crippen LogP contribution < -0.4 is 16.9 Å². The van der Waals surface area contributed by atoms with Crippen molar-refractivity contribution in [3.8, 4) is 0 Å². The predicted octanol–water partition coefficient (Wildman–Crippen LogP) is -0.694. The van der Waals surface area contributed by atoms with Crippen LogP contribution >= 0.6 is 7.60 Å². The summed E-state index contributed by atoms with van der Waals surface area (Å²) in [4.78, 5) is 19.9. The molecule has 0 aliphatic carbocycles. The third kappa shape index (κ3) is 8.53. The van der Waals surface area contributed by atoms with Crippen LogP contribution in [0, 0.1) is 0 Å². The molecule has 0 aromatic rings. The summed E-state index contributed by atoms with van der Waals surface area (Å²) in [6, 6.07) is -0.747. The second-order valence-electron chi connectivity index (χ2n) is 3.25. The Labute approximate surface area is 88.6 Å². The monoisotopic (exact) mass is 239 g/mol. The minimum atomic E-state index is -3.70. The van der Waals surface area contributed by atoms with Crippen LogP contribution in [0.5, 0.6) is 0 Å². The van der Waals surface area contributed by atoms with E-state index in [1.807, 2.05) is 5.48 Å². The van der Waals surface area contributed by atoms with E-state index < -0.39 is 19.5 Å². The molecular weight excluding hydrogens is 221 g/mol. The Kier molecular flexibility index (Phi) is 6.71. The molecule has 0 radical (unpaired) electrons. The molecule has 0 aliphatic rings. The first-order chi connectivity index (χ1) is 6.87. The summed E-state index contributed by atoms with van der Waals surface area (Å²) in [5.41, 5.74) is 12.6.